The predicted molar refractivity (Wildman–Crippen MR) is 70.2 cm³/mol. The molecule has 1 aromatic carbocycles. The Hall–Kier alpha value is -1.82. The zero-order valence-corrected chi connectivity index (χ0v) is 11.4. The van der Waals surface area contributed by atoms with Gasteiger partial charge in [-0.2, -0.15) is 0 Å². The summed E-state index contributed by atoms with van der Waals surface area (Å²) in [6.45, 7) is 0. The summed E-state index contributed by atoms with van der Waals surface area (Å²) in [5, 5.41) is 0. The maximum absolute atomic E-state index is 10.7. The van der Waals surface area contributed by atoms with Gasteiger partial charge in [0.25, 0.3) is 0 Å². The summed E-state index contributed by atoms with van der Waals surface area (Å²) < 4.78 is 11.2. The summed E-state index contributed by atoms with van der Waals surface area (Å²) in [4.78, 5) is 17.7. The van der Waals surface area contributed by atoms with Crippen LogP contribution in [0.5, 0.6) is 11.5 Å². The van der Waals surface area contributed by atoms with Crippen molar-refractivity contribution in [3.8, 4) is 22.8 Å². The highest BCUT2D eigenvalue weighted by molar-refractivity contribution is 9.10. The minimum atomic E-state index is 0.252. The first-order valence-corrected chi connectivity index (χ1v) is 5.92. The van der Waals surface area contributed by atoms with Gasteiger partial charge in [-0.25, -0.2) is 4.98 Å². The fourth-order valence-corrected chi connectivity index (χ4v) is 2.18. The SMILES string of the molecule is COc1cccc(-c2nc(C=O)[nH]c2Br)c1OC. The van der Waals surface area contributed by atoms with Gasteiger partial charge in [0.1, 0.15) is 10.3 Å². The fourth-order valence-electron chi connectivity index (χ4n) is 1.68. The number of para-hydroxylation sites is 1. The van der Waals surface area contributed by atoms with Crippen LogP contribution in [0.25, 0.3) is 11.3 Å². The molecule has 6 heteroatoms. The molecule has 0 amide bonds. The van der Waals surface area contributed by atoms with Crippen molar-refractivity contribution in [3.05, 3.63) is 28.6 Å². The van der Waals surface area contributed by atoms with Crippen LogP contribution in [0.2, 0.25) is 0 Å². The number of rotatable bonds is 4. The summed E-state index contributed by atoms with van der Waals surface area (Å²) in [6, 6.07) is 5.47. The molecule has 0 aliphatic carbocycles. The molecule has 0 atom stereocenters. The molecule has 0 spiro atoms. The smallest absolute Gasteiger partial charge is 0.185 e. The molecule has 0 saturated carbocycles. The molecule has 1 N–H and O–H groups in total. The second-order valence-corrected chi connectivity index (χ2v) is 4.24. The van der Waals surface area contributed by atoms with Crippen LogP contribution >= 0.6 is 15.9 Å². The Morgan fingerprint density at radius 1 is 1.33 bits per heavy atom. The molecule has 18 heavy (non-hydrogen) atoms. The molecule has 1 aromatic heterocycles. The number of hydrogen-bond acceptors (Lipinski definition) is 4. The lowest BCUT2D eigenvalue weighted by molar-refractivity contribution is 0.111. The molecular formula is C12H11BrN2O3. The first-order valence-electron chi connectivity index (χ1n) is 5.13. The van der Waals surface area contributed by atoms with Gasteiger partial charge in [0.2, 0.25) is 0 Å². The van der Waals surface area contributed by atoms with E-state index < -0.39 is 0 Å². The van der Waals surface area contributed by atoms with E-state index in [1.165, 1.54) is 0 Å². The molecule has 2 rings (SSSR count). The monoisotopic (exact) mass is 310 g/mol. The van der Waals surface area contributed by atoms with E-state index in [1.54, 1.807) is 20.3 Å². The topological polar surface area (TPSA) is 64.2 Å². The van der Waals surface area contributed by atoms with Crippen molar-refractivity contribution in [2.24, 2.45) is 0 Å². The van der Waals surface area contributed by atoms with Crippen molar-refractivity contribution in [2.45, 2.75) is 0 Å². The number of methoxy groups -OCH3 is 2. The molecule has 0 bridgehead atoms. The normalized spacial score (nSPS) is 10.2. The third-order valence-electron chi connectivity index (χ3n) is 2.45. The standard InChI is InChI=1S/C12H11BrN2O3/c1-17-8-5-3-4-7(11(8)18-2)10-12(13)15-9(6-16)14-10/h3-6H,1-2H3,(H,14,15). The number of halogens is 1. The minimum absolute atomic E-state index is 0.252. The van der Waals surface area contributed by atoms with Crippen LogP contribution in [0.4, 0.5) is 0 Å². The van der Waals surface area contributed by atoms with E-state index >= 15 is 0 Å². The van der Waals surface area contributed by atoms with Crippen LogP contribution in [0.15, 0.2) is 22.8 Å². The summed E-state index contributed by atoms with van der Waals surface area (Å²) >= 11 is 3.33. The summed E-state index contributed by atoms with van der Waals surface area (Å²) in [6.07, 6.45) is 0.654. The van der Waals surface area contributed by atoms with Crippen LogP contribution in [0.3, 0.4) is 0 Å². The molecule has 2 aromatic rings. The van der Waals surface area contributed by atoms with E-state index in [1.807, 2.05) is 12.1 Å². The van der Waals surface area contributed by atoms with Gasteiger partial charge < -0.3 is 14.5 Å². The minimum Gasteiger partial charge on any atom is -0.493 e. The zero-order chi connectivity index (χ0) is 13.1. The molecule has 94 valence electrons. The number of aromatic amines is 1. The number of carbonyl (C=O) groups excluding carboxylic acids is 1. The van der Waals surface area contributed by atoms with E-state index in [0.29, 0.717) is 28.1 Å². The van der Waals surface area contributed by atoms with Gasteiger partial charge in [0.15, 0.2) is 23.6 Å². The van der Waals surface area contributed by atoms with Gasteiger partial charge in [-0.15, -0.1) is 0 Å². The molecule has 5 nitrogen and oxygen atoms in total. The van der Waals surface area contributed by atoms with E-state index in [9.17, 15) is 4.79 Å². The Morgan fingerprint density at radius 2 is 2.11 bits per heavy atom. The number of aromatic nitrogens is 2. The number of benzene rings is 1. The first-order chi connectivity index (χ1) is 8.71. The molecule has 0 saturated heterocycles. The number of nitrogens with one attached hydrogen (secondary N) is 1. The lowest BCUT2D eigenvalue weighted by Crippen LogP contribution is -1.93. The number of carbonyl (C=O) groups is 1. The van der Waals surface area contributed by atoms with Crippen molar-refractivity contribution in [2.75, 3.05) is 14.2 Å². The van der Waals surface area contributed by atoms with Gasteiger partial charge in [-0.1, -0.05) is 6.07 Å². The number of nitrogens with zero attached hydrogens (tertiary/aromatic N) is 1. The Labute approximate surface area is 112 Å². The van der Waals surface area contributed by atoms with E-state index in [4.69, 9.17) is 9.47 Å². The van der Waals surface area contributed by atoms with Crippen molar-refractivity contribution in [1.29, 1.82) is 0 Å². The van der Waals surface area contributed by atoms with Gasteiger partial charge in [0.05, 0.1) is 14.2 Å². The Bertz CT molecular complexity index is 581. The molecule has 0 aliphatic heterocycles. The largest absolute Gasteiger partial charge is 0.493 e. The van der Waals surface area contributed by atoms with E-state index in [2.05, 4.69) is 25.9 Å². The van der Waals surface area contributed by atoms with Crippen molar-refractivity contribution < 1.29 is 14.3 Å². The lowest BCUT2D eigenvalue weighted by atomic mass is 10.1. The molecule has 0 fully saturated rings. The molecule has 0 radical (unpaired) electrons. The van der Waals surface area contributed by atoms with Crippen LogP contribution in [0, 0.1) is 0 Å². The lowest BCUT2D eigenvalue weighted by Gasteiger charge is -2.11. The Balaban J connectivity index is 2.62. The number of aldehydes is 1. The number of hydrogen-bond donors (Lipinski definition) is 1. The van der Waals surface area contributed by atoms with Gasteiger partial charge in [0, 0.05) is 5.56 Å². The summed E-state index contributed by atoms with van der Waals surface area (Å²) in [5.74, 6) is 1.43. The average Bonchev–Trinajstić information content (AvgIpc) is 2.78. The van der Waals surface area contributed by atoms with Crippen molar-refractivity contribution >= 4 is 22.2 Å². The third kappa shape index (κ3) is 2.11. The number of imidazole rings is 1. The molecule has 0 unspecified atom stereocenters. The van der Waals surface area contributed by atoms with Gasteiger partial charge in [-0.3, -0.25) is 4.79 Å². The number of ether oxygens (including phenoxy) is 2. The fraction of sp³-hybridized carbons (Fsp3) is 0.167. The first kappa shape index (κ1) is 12.6. The van der Waals surface area contributed by atoms with Crippen LogP contribution in [0.1, 0.15) is 10.6 Å². The predicted octanol–water partition coefficient (Wildman–Crippen LogP) is 2.67. The second-order valence-electron chi connectivity index (χ2n) is 3.44. The maximum atomic E-state index is 10.7. The summed E-state index contributed by atoms with van der Waals surface area (Å²) in [5.41, 5.74) is 1.35. The van der Waals surface area contributed by atoms with E-state index in [0.717, 1.165) is 5.56 Å². The van der Waals surface area contributed by atoms with Crippen LogP contribution in [-0.2, 0) is 0 Å². The van der Waals surface area contributed by atoms with Crippen LogP contribution < -0.4 is 9.47 Å². The summed E-state index contributed by atoms with van der Waals surface area (Å²) in [7, 11) is 3.13. The average molecular weight is 311 g/mol. The van der Waals surface area contributed by atoms with Gasteiger partial charge >= 0.3 is 0 Å². The Morgan fingerprint density at radius 3 is 2.67 bits per heavy atom. The third-order valence-corrected chi connectivity index (χ3v) is 3.02. The quantitative estimate of drug-likeness (QED) is 0.882. The highest BCUT2D eigenvalue weighted by atomic mass is 79.9. The van der Waals surface area contributed by atoms with Crippen LogP contribution in [-0.4, -0.2) is 30.5 Å². The van der Waals surface area contributed by atoms with Gasteiger partial charge in [-0.05, 0) is 28.1 Å². The van der Waals surface area contributed by atoms with Crippen molar-refractivity contribution in [1.82, 2.24) is 9.97 Å². The highest BCUT2D eigenvalue weighted by Gasteiger charge is 2.17. The molecular weight excluding hydrogens is 300 g/mol. The van der Waals surface area contributed by atoms with Crippen molar-refractivity contribution in [3.63, 3.8) is 0 Å². The highest BCUT2D eigenvalue weighted by Crippen LogP contribution is 2.39. The second kappa shape index (κ2) is 5.22. The maximum Gasteiger partial charge on any atom is 0.185 e. The zero-order valence-electron chi connectivity index (χ0n) is 9.86. The molecule has 1 heterocycles. The molecule has 0 aliphatic rings. The van der Waals surface area contributed by atoms with E-state index in [-0.39, 0.29) is 5.82 Å². The Kier molecular flexibility index (Phi) is 3.66. The number of H-pyrrole nitrogens is 1.